The van der Waals surface area contributed by atoms with Gasteiger partial charge in [0.15, 0.2) is 0 Å². The van der Waals surface area contributed by atoms with Gasteiger partial charge in [0.25, 0.3) is 0 Å². The number of amides is 1. The quantitative estimate of drug-likeness (QED) is 0.398. The summed E-state index contributed by atoms with van der Waals surface area (Å²) in [6.07, 6.45) is 3.84. The van der Waals surface area contributed by atoms with E-state index in [9.17, 15) is 36.3 Å². The van der Waals surface area contributed by atoms with E-state index >= 15 is 0 Å². The second-order valence-electron chi connectivity index (χ2n) is 9.49. The van der Waals surface area contributed by atoms with Crippen molar-refractivity contribution in [2.24, 2.45) is 5.92 Å². The molecule has 0 spiro atoms. The normalized spacial score (nSPS) is 17.8. The summed E-state index contributed by atoms with van der Waals surface area (Å²) >= 11 is 14.4. The standard InChI is InChI=1S/C26H26Cl2F3N3O5S2/c27-23-17(5-7-22(35)33-12-14-34(15-13-33)41(38,39)26(29,30)31)4-6-21(24(23)28)40-20-3-1-2-19(16-20)32-10-8-18(9-11-32)25(36)37/h1-7,16,18H,8-15H2,(H,36,37). The number of hydrogen-bond acceptors (Lipinski definition) is 6. The maximum absolute atomic E-state index is 12.8. The van der Waals surface area contributed by atoms with E-state index < -0.39 is 40.5 Å². The molecule has 0 unspecified atom stereocenters. The number of piperazine rings is 1. The van der Waals surface area contributed by atoms with Crippen molar-refractivity contribution in [2.75, 3.05) is 44.2 Å². The molecule has 222 valence electrons. The minimum absolute atomic E-state index is 0.181. The average Bonchev–Trinajstić information content (AvgIpc) is 2.94. The third-order valence-corrected chi connectivity index (χ3v) is 10.6. The van der Waals surface area contributed by atoms with Gasteiger partial charge < -0.3 is 14.9 Å². The zero-order valence-corrected chi connectivity index (χ0v) is 24.6. The number of carboxylic acids is 1. The van der Waals surface area contributed by atoms with Gasteiger partial charge in [-0.3, -0.25) is 9.59 Å². The monoisotopic (exact) mass is 651 g/mol. The predicted molar refractivity (Wildman–Crippen MR) is 152 cm³/mol. The highest BCUT2D eigenvalue weighted by Gasteiger charge is 2.50. The van der Waals surface area contributed by atoms with Crippen LogP contribution in [0.2, 0.25) is 10.0 Å². The molecule has 0 radical (unpaired) electrons. The Labute approximate surface area is 249 Å². The molecule has 0 saturated carbocycles. The van der Waals surface area contributed by atoms with Gasteiger partial charge >= 0.3 is 21.5 Å². The van der Waals surface area contributed by atoms with Crippen molar-refractivity contribution < 1.29 is 36.3 Å². The molecular weight excluding hydrogens is 626 g/mol. The Morgan fingerprint density at radius 3 is 2.24 bits per heavy atom. The highest BCUT2D eigenvalue weighted by molar-refractivity contribution is 7.99. The van der Waals surface area contributed by atoms with Gasteiger partial charge in [0.05, 0.1) is 16.0 Å². The van der Waals surface area contributed by atoms with E-state index in [0.29, 0.717) is 40.7 Å². The Hall–Kier alpha value is -2.45. The van der Waals surface area contributed by atoms with Crippen LogP contribution < -0.4 is 4.90 Å². The van der Waals surface area contributed by atoms with E-state index in [-0.39, 0.29) is 29.1 Å². The lowest BCUT2D eigenvalue weighted by molar-refractivity contribution is -0.142. The van der Waals surface area contributed by atoms with Crippen LogP contribution in [0.1, 0.15) is 18.4 Å². The van der Waals surface area contributed by atoms with Crippen molar-refractivity contribution in [3.05, 3.63) is 58.1 Å². The summed E-state index contributed by atoms with van der Waals surface area (Å²) < 4.78 is 61.7. The molecule has 1 amide bonds. The van der Waals surface area contributed by atoms with Crippen LogP contribution in [-0.4, -0.2) is 79.4 Å². The van der Waals surface area contributed by atoms with Crippen LogP contribution in [0.15, 0.2) is 52.3 Å². The molecule has 8 nitrogen and oxygen atoms in total. The summed E-state index contributed by atoms with van der Waals surface area (Å²) in [5.74, 6) is -1.58. The highest BCUT2D eigenvalue weighted by atomic mass is 35.5. The lowest BCUT2D eigenvalue weighted by Gasteiger charge is -2.33. The summed E-state index contributed by atoms with van der Waals surface area (Å²) in [5.41, 5.74) is -3.94. The first-order chi connectivity index (χ1) is 19.3. The number of nitrogens with zero attached hydrogens (tertiary/aromatic N) is 3. The number of carbonyl (C=O) groups is 2. The maximum Gasteiger partial charge on any atom is 0.511 e. The Morgan fingerprint density at radius 1 is 0.976 bits per heavy atom. The van der Waals surface area contributed by atoms with Gasteiger partial charge in [-0.2, -0.15) is 17.5 Å². The topological polar surface area (TPSA) is 98.2 Å². The number of benzene rings is 2. The molecule has 4 rings (SSSR count). The molecule has 2 saturated heterocycles. The molecule has 2 aromatic rings. The van der Waals surface area contributed by atoms with E-state index in [2.05, 4.69) is 4.90 Å². The van der Waals surface area contributed by atoms with Gasteiger partial charge in [-0.1, -0.05) is 47.1 Å². The van der Waals surface area contributed by atoms with Crippen LogP contribution in [0.25, 0.3) is 6.08 Å². The van der Waals surface area contributed by atoms with Crippen molar-refractivity contribution in [2.45, 2.75) is 28.1 Å². The molecule has 0 atom stereocenters. The van der Waals surface area contributed by atoms with Crippen molar-refractivity contribution in [1.29, 1.82) is 0 Å². The first-order valence-electron chi connectivity index (χ1n) is 12.5. The van der Waals surface area contributed by atoms with E-state index in [0.717, 1.165) is 10.6 Å². The van der Waals surface area contributed by atoms with Crippen molar-refractivity contribution in [3.63, 3.8) is 0 Å². The SMILES string of the molecule is O=C(O)C1CCN(c2cccc(Sc3ccc(C=CC(=O)N4CCN(S(=O)(=O)C(F)(F)F)CC4)c(Cl)c3Cl)c2)CC1. The third-order valence-electron chi connectivity index (χ3n) is 6.92. The number of piperidine rings is 1. The molecule has 0 aromatic heterocycles. The zero-order chi connectivity index (χ0) is 29.9. The highest BCUT2D eigenvalue weighted by Crippen LogP contribution is 2.40. The Morgan fingerprint density at radius 2 is 1.63 bits per heavy atom. The van der Waals surface area contributed by atoms with Crippen LogP contribution in [0.3, 0.4) is 0 Å². The Bertz CT molecular complexity index is 1440. The molecule has 41 heavy (non-hydrogen) atoms. The summed E-state index contributed by atoms with van der Waals surface area (Å²) in [5, 5.41) is 9.73. The molecule has 2 aliphatic rings. The number of rotatable bonds is 7. The van der Waals surface area contributed by atoms with Gasteiger partial charge in [0.1, 0.15) is 0 Å². The minimum Gasteiger partial charge on any atom is -0.481 e. The zero-order valence-electron chi connectivity index (χ0n) is 21.5. The van der Waals surface area contributed by atoms with E-state index in [1.165, 1.54) is 28.8 Å². The number of carboxylic acid groups (broad SMARTS) is 1. The van der Waals surface area contributed by atoms with Gasteiger partial charge in [0, 0.05) is 60.8 Å². The second-order valence-corrected chi connectivity index (χ2v) is 13.3. The smallest absolute Gasteiger partial charge is 0.481 e. The lowest BCUT2D eigenvalue weighted by Crippen LogP contribution is -2.53. The number of aliphatic carboxylic acids is 1. The molecule has 15 heteroatoms. The first-order valence-corrected chi connectivity index (χ1v) is 15.6. The lowest BCUT2D eigenvalue weighted by atomic mass is 9.97. The maximum atomic E-state index is 12.8. The molecule has 2 heterocycles. The fraction of sp³-hybridized carbons (Fsp3) is 0.385. The average molecular weight is 653 g/mol. The van der Waals surface area contributed by atoms with Crippen LogP contribution in [0.4, 0.5) is 18.9 Å². The molecule has 2 fully saturated rings. The molecular formula is C26H26Cl2F3N3O5S2. The van der Waals surface area contributed by atoms with Crippen LogP contribution >= 0.6 is 35.0 Å². The molecule has 1 N–H and O–H groups in total. The Kier molecular flexibility index (Phi) is 9.85. The molecule has 2 aromatic carbocycles. The second kappa shape index (κ2) is 12.8. The fourth-order valence-electron chi connectivity index (χ4n) is 4.57. The number of carbonyl (C=O) groups excluding carboxylic acids is 1. The molecule has 2 aliphatic heterocycles. The van der Waals surface area contributed by atoms with E-state index in [4.69, 9.17) is 23.2 Å². The van der Waals surface area contributed by atoms with Gasteiger partial charge in [-0.05, 0) is 48.7 Å². The number of hydrogen-bond donors (Lipinski definition) is 1. The molecule has 0 bridgehead atoms. The largest absolute Gasteiger partial charge is 0.511 e. The van der Waals surface area contributed by atoms with E-state index in [1.54, 1.807) is 12.1 Å². The fourth-order valence-corrected chi connectivity index (χ4v) is 6.99. The van der Waals surface area contributed by atoms with Crippen molar-refractivity contribution >= 4 is 68.6 Å². The van der Waals surface area contributed by atoms with Crippen LogP contribution in [0, 0.1) is 5.92 Å². The predicted octanol–water partition coefficient (Wildman–Crippen LogP) is 5.45. The Balaban J connectivity index is 1.37. The van der Waals surface area contributed by atoms with Gasteiger partial charge in [-0.25, -0.2) is 8.42 Å². The van der Waals surface area contributed by atoms with Crippen LogP contribution in [-0.2, 0) is 19.6 Å². The third kappa shape index (κ3) is 7.31. The van der Waals surface area contributed by atoms with Crippen molar-refractivity contribution in [3.8, 4) is 0 Å². The van der Waals surface area contributed by atoms with Crippen LogP contribution in [0.5, 0.6) is 0 Å². The molecule has 0 aliphatic carbocycles. The number of sulfonamides is 1. The number of anilines is 1. The van der Waals surface area contributed by atoms with Gasteiger partial charge in [0.2, 0.25) is 5.91 Å². The summed E-state index contributed by atoms with van der Waals surface area (Å²) in [6.45, 7) is 0.0291. The summed E-state index contributed by atoms with van der Waals surface area (Å²) in [4.78, 5) is 28.8. The van der Waals surface area contributed by atoms with Gasteiger partial charge in [-0.15, -0.1) is 0 Å². The van der Waals surface area contributed by atoms with Crippen molar-refractivity contribution in [1.82, 2.24) is 9.21 Å². The van der Waals surface area contributed by atoms with E-state index in [1.807, 2.05) is 24.3 Å². The minimum atomic E-state index is -5.43. The number of halogens is 5. The summed E-state index contributed by atoms with van der Waals surface area (Å²) in [6, 6.07) is 11.3. The number of alkyl halides is 3. The first kappa shape index (κ1) is 31.5. The summed E-state index contributed by atoms with van der Waals surface area (Å²) in [7, 11) is -5.43.